The molecule has 4 nitrogen and oxygen atoms in total. The lowest BCUT2D eigenvalue weighted by Gasteiger charge is -2.55. The van der Waals surface area contributed by atoms with E-state index in [0.717, 1.165) is 43.7 Å². The van der Waals surface area contributed by atoms with Crippen molar-refractivity contribution in [2.45, 2.75) is 122 Å². The molecule has 4 fully saturated rings. The van der Waals surface area contributed by atoms with Gasteiger partial charge in [-0.05, 0) is 158 Å². The van der Waals surface area contributed by atoms with Crippen molar-refractivity contribution in [1.82, 2.24) is 0 Å². The molecule has 6 heteroatoms. The normalized spacial score (nSPS) is 28.0. The van der Waals surface area contributed by atoms with E-state index >= 15 is 0 Å². The zero-order valence-corrected chi connectivity index (χ0v) is 30.2. The van der Waals surface area contributed by atoms with Crippen LogP contribution in [0, 0.1) is 21.8 Å². The molecule has 2 aromatic rings. The van der Waals surface area contributed by atoms with E-state index < -0.39 is 8.32 Å². The summed E-state index contributed by atoms with van der Waals surface area (Å²) in [5.74, 6) is 1.40. The van der Waals surface area contributed by atoms with Crippen LogP contribution in [0.5, 0.6) is 5.75 Å². The van der Waals surface area contributed by atoms with Crippen LogP contribution in [0.3, 0.4) is 0 Å². The first-order chi connectivity index (χ1) is 19.8. The second-order valence-electron chi connectivity index (χ2n) is 15.2. The third kappa shape index (κ3) is 6.51. The SMILES string of the molecule is COc1ccc(C23CCC(CN(C(=O)C4CCC(O[Si](C)(C)C(C)(C)C)CC4)c4cccc(I)c4)(CC2)CC3)cc1C. The summed E-state index contributed by atoms with van der Waals surface area (Å²) < 4.78 is 13.5. The van der Waals surface area contributed by atoms with Gasteiger partial charge in [0.1, 0.15) is 5.75 Å². The summed E-state index contributed by atoms with van der Waals surface area (Å²) in [7, 11) is -0.0481. The fourth-order valence-corrected chi connectivity index (χ4v) is 9.61. The molecule has 0 N–H and O–H groups in total. The first kappa shape index (κ1) is 32.0. The van der Waals surface area contributed by atoms with Crippen molar-refractivity contribution in [3.63, 3.8) is 0 Å². The second kappa shape index (κ2) is 12.2. The van der Waals surface area contributed by atoms with Crippen LogP contribution >= 0.6 is 22.6 Å². The van der Waals surface area contributed by atoms with E-state index in [1.54, 1.807) is 7.11 Å². The smallest absolute Gasteiger partial charge is 0.230 e. The predicted octanol–water partition coefficient (Wildman–Crippen LogP) is 9.81. The fourth-order valence-electron chi connectivity index (χ4n) is 7.66. The van der Waals surface area contributed by atoms with Crippen molar-refractivity contribution in [1.29, 1.82) is 0 Å². The molecule has 2 bridgehead atoms. The second-order valence-corrected chi connectivity index (χ2v) is 21.2. The van der Waals surface area contributed by atoms with Gasteiger partial charge in [0, 0.05) is 27.8 Å². The third-order valence-electron chi connectivity index (χ3n) is 11.6. The highest BCUT2D eigenvalue weighted by Gasteiger charge is 2.51. The van der Waals surface area contributed by atoms with Gasteiger partial charge in [0.05, 0.1) is 7.11 Å². The number of carbonyl (C=O) groups excluding carboxylic acids is 1. The summed E-state index contributed by atoms with van der Waals surface area (Å²) in [5.41, 5.74) is 4.28. The van der Waals surface area contributed by atoms with Crippen molar-refractivity contribution < 1.29 is 14.0 Å². The van der Waals surface area contributed by atoms with Crippen LogP contribution in [0.1, 0.15) is 96.1 Å². The predicted molar refractivity (Wildman–Crippen MR) is 185 cm³/mol. The molecule has 42 heavy (non-hydrogen) atoms. The number of ether oxygens (including phenoxy) is 1. The molecule has 0 unspecified atom stereocenters. The Kier molecular flexibility index (Phi) is 9.29. The minimum Gasteiger partial charge on any atom is -0.496 e. The number of anilines is 1. The Balaban J connectivity index is 1.29. The molecule has 0 aromatic heterocycles. The van der Waals surface area contributed by atoms with Crippen molar-refractivity contribution in [3.05, 3.63) is 57.2 Å². The molecule has 4 saturated carbocycles. The Morgan fingerprint density at radius 1 is 0.976 bits per heavy atom. The Bertz CT molecular complexity index is 1250. The number of carbonyl (C=O) groups is 1. The van der Waals surface area contributed by atoms with Crippen LogP contribution in [0.25, 0.3) is 0 Å². The van der Waals surface area contributed by atoms with E-state index in [2.05, 4.69) is 111 Å². The monoisotopic (exact) mass is 701 g/mol. The van der Waals surface area contributed by atoms with Crippen LogP contribution in [0.2, 0.25) is 18.1 Å². The molecule has 2 aromatic carbocycles. The Morgan fingerprint density at radius 2 is 1.62 bits per heavy atom. The minimum absolute atomic E-state index is 0.0899. The average Bonchev–Trinajstić information content (AvgIpc) is 2.96. The van der Waals surface area contributed by atoms with Gasteiger partial charge in [-0.25, -0.2) is 0 Å². The van der Waals surface area contributed by atoms with Crippen LogP contribution < -0.4 is 9.64 Å². The molecule has 6 rings (SSSR count). The van der Waals surface area contributed by atoms with Gasteiger partial charge in [0.2, 0.25) is 5.91 Å². The maximum Gasteiger partial charge on any atom is 0.230 e. The van der Waals surface area contributed by atoms with Gasteiger partial charge < -0.3 is 14.1 Å². The average molecular weight is 702 g/mol. The van der Waals surface area contributed by atoms with Crippen LogP contribution in [-0.4, -0.2) is 34.0 Å². The Hall–Kier alpha value is -1.38. The molecule has 4 aliphatic rings. The van der Waals surface area contributed by atoms with E-state index in [0.29, 0.717) is 12.0 Å². The molecule has 0 radical (unpaired) electrons. The zero-order chi connectivity index (χ0) is 30.3. The van der Waals surface area contributed by atoms with Gasteiger partial charge in [-0.2, -0.15) is 0 Å². The lowest BCUT2D eigenvalue weighted by molar-refractivity contribution is -0.124. The number of fused-ring (bicyclic) bond motifs is 3. The molecular weight excluding hydrogens is 649 g/mol. The number of rotatable bonds is 8. The molecule has 0 aliphatic heterocycles. The molecular formula is C36H52INO3Si. The van der Waals surface area contributed by atoms with Gasteiger partial charge in [-0.1, -0.05) is 39.0 Å². The van der Waals surface area contributed by atoms with Gasteiger partial charge >= 0.3 is 0 Å². The minimum atomic E-state index is -1.80. The van der Waals surface area contributed by atoms with Crippen LogP contribution in [0.4, 0.5) is 5.69 Å². The summed E-state index contributed by atoms with van der Waals surface area (Å²) in [4.78, 5) is 16.6. The summed E-state index contributed by atoms with van der Waals surface area (Å²) in [6.07, 6.45) is 11.4. The number of nitrogens with zero attached hydrogens (tertiary/aromatic N) is 1. The lowest BCUT2D eigenvalue weighted by Crippen LogP contribution is -2.52. The van der Waals surface area contributed by atoms with E-state index in [-0.39, 0.29) is 21.8 Å². The van der Waals surface area contributed by atoms with Gasteiger partial charge in [-0.15, -0.1) is 0 Å². The molecule has 0 atom stereocenters. The molecule has 0 heterocycles. The highest BCUT2D eigenvalue weighted by atomic mass is 127. The summed E-state index contributed by atoms with van der Waals surface area (Å²) in [6.45, 7) is 14.6. The molecule has 1 amide bonds. The van der Waals surface area contributed by atoms with Crippen molar-refractivity contribution in [3.8, 4) is 5.75 Å². The maximum atomic E-state index is 14.4. The van der Waals surface area contributed by atoms with E-state index in [9.17, 15) is 4.79 Å². The van der Waals surface area contributed by atoms with Crippen molar-refractivity contribution in [2.75, 3.05) is 18.6 Å². The molecule has 0 saturated heterocycles. The van der Waals surface area contributed by atoms with E-state index in [1.165, 1.54) is 53.2 Å². The van der Waals surface area contributed by atoms with Crippen LogP contribution in [-0.2, 0) is 14.6 Å². The number of amides is 1. The first-order valence-electron chi connectivity index (χ1n) is 16.2. The van der Waals surface area contributed by atoms with E-state index in [1.807, 2.05) is 0 Å². The highest BCUT2D eigenvalue weighted by Crippen LogP contribution is 2.58. The topological polar surface area (TPSA) is 38.8 Å². The number of benzene rings is 2. The number of aryl methyl sites for hydroxylation is 1. The highest BCUT2D eigenvalue weighted by molar-refractivity contribution is 14.1. The van der Waals surface area contributed by atoms with E-state index in [4.69, 9.17) is 9.16 Å². The Morgan fingerprint density at radius 3 is 2.17 bits per heavy atom. The third-order valence-corrected chi connectivity index (χ3v) is 16.8. The van der Waals surface area contributed by atoms with Crippen LogP contribution in [0.15, 0.2) is 42.5 Å². The Labute approximate surface area is 269 Å². The van der Waals surface area contributed by atoms with Gasteiger partial charge in [0.15, 0.2) is 8.32 Å². The fraction of sp³-hybridized carbons (Fsp3) is 0.639. The quantitative estimate of drug-likeness (QED) is 0.203. The maximum absolute atomic E-state index is 14.4. The number of hydrogen-bond acceptors (Lipinski definition) is 3. The zero-order valence-electron chi connectivity index (χ0n) is 27.0. The lowest BCUT2D eigenvalue weighted by atomic mass is 9.51. The standard InChI is InChI=1S/C36H52INO3Si/c1-26-23-28(13-16-32(26)40-5)36-20-17-35(18-21-36,19-22-36)25-38(30-10-8-9-29(37)24-30)33(39)27-11-14-31(15-12-27)41-42(6,7)34(2,3)4/h8-10,13,16,23-24,27,31H,11-12,14-15,17-22,25H2,1-7H3. The van der Waals surface area contributed by atoms with Crippen molar-refractivity contribution in [2.24, 2.45) is 11.3 Å². The largest absolute Gasteiger partial charge is 0.496 e. The number of halogens is 1. The summed E-state index contributed by atoms with van der Waals surface area (Å²) in [5, 5.41) is 0.212. The van der Waals surface area contributed by atoms with Crippen molar-refractivity contribution >= 4 is 42.5 Å². The molecule has 0 spiro atoms. The molecule has 4 aliphatic carbocycles. The van der Waals surface area contributed by atoms with Gasteiger partial charge in [0.25, 0.3) is 0 Å². The summed E-state index contributed by atoms with van der Waals surface area (Å²) >= 11 is 2.39. The number of methoxy groups -OCH3 is 1. The first-order valence-corrected chi connectivity index (χ1v) is 20.2. The summed E-state index contributed by atoms with van der Waals surface area (Å²) in [6, 6.07) is 15.4. The molecule has 230 valence electrons. The number of hydrogen-bond donors (Lipinski definition) is 0. The van der Waals surface area contributed by atoms with Gasteiger partial charge in [-0.3, -0.25) is 4.79 Å².